The summed E-state index contributed by atoms with van der Waals surface area (Å²) in [7, 11) is -2.45. The van der Waals surface area contributed by atoms with Gasteiger partial charge in [-0.3, -0.25) is 13.9 Å². The second-order valence-electron chi connectivity index (χ2n) is 10.6. The van der Waals surface area contributed by atoms with Crippen LogP contribution in [0.1, 0.15) is 31.9 Å². The molecule has 0 unspecified atom stereocenters. The van der Waals surface area contributed by atoms with Gasteiger partial charge in [-0.15, -0.1) is 0 Å². The minimum Gasteiger partial charge on any atom is -0.497 e. The van der Waals surface area contributed by atoms with Crippen LogP contribution in [0.2, 0.25) is 0 Å². The standard InChI is InChI=1S/C30H36FN3O5S/c1-30(2,3)32-29(36)27(18-22-11-7-6-8-12-22)33(20-23-13-9-16-26(17-23)39-4)28(35)21-34(40(5,37)38)25-15-10-14-24(31)19-25/h6-17,19,27H,18,20-21H2,1-5H3,(H,32,36)/t27-/m1/s1. The van der Waals surface area contributed by atoms with Crippen LogP contribution in [0.3, 0.4) is 0 Å². The lowest BCUT2D eigenvalue weighted by atomic mass is 10.0. The van der Waals surface area contributed by atoms with Crippen molar-refractivity contribution >= 4 is 27.5 Å². The Labute approximate surface area is 235 Å². The van der Waals surface area contributed by atoms with Gasteiger partial charge in [0, 0.05) is 18.5 Å². The van der Waals surface area contributed by atoms with Gasteiger partial charge in [0.05, 0.1) is 19.1 Å². The Morgan fingerprint density at radius 1 is 0.950 bits per heavy atom. The number of hydrogen-bond donors (Lipinski definition) is 1. The first-order valence-electron chi connectivity index (χ1n) is 12.8. The van der Waals surface area contributed by atoms with Crippen molar-refractivity contribution in [1.82, 2.24) is 10.2 Å². The summed E-state index contributed by atoms with van der Waals surface area (Å²) in [6.07, 6.45) is 1.14. The summed E-state index contributed by atoms with van der Waals surface area (Å²) in [5.41, 5.74) is 0.934. The van der Waals surface area contributed by atoms with Crippen LogP contribution < -0.4 is 14.4 Å². The molecule has 3 aromatic carbocycles. The highest BCUT2D eigenvalue weighted by Gasteiger charge is 2.34. The predicted molar refractivity (Wildman–Crippen MR) is 154 cm³/mol. The van der Waals surface area contributed by atoms with Crippen LogP contribution in [-0.2, 0) is 32.6 Å². The van der Waals surface area contributed by atoms with E-state index in [1.165, 1.54) is 30.2 Å². The molecule has 0 saturated heterocycles. The summed E-state index contributed by atoms with van der Waals surface area (Å²) >= 11 is 0. The third kappa shape index (κ3) is 8.81. The van der Waals surface area contributed by atoms with Gasteiger partial charge in [-0.1, -0.05) is 48.5 Å². The maximum atomic E-state index is 14.0. The fourth-order valence-corrected chi connectivity index (χ4v) is 5.06. The van der Waals surface area contributed by atoms with Gasteiger partial charge in [-0.05, 0) is 62.2 Å². The van der Waals surface area contributed by atoms with Gasteiger partial charge in [0.15, 0.2) is 0 Å². The Morgan fingerprint density at radius 2 is 1.60 bits per heavy atom. The molecule has 0 radical (unpaired) electrons. The maximum absolute atomic E-state index is 14.0. The van der Waals surface area contributed by atoms with Crippen molar-refractivity contribution in [2.75, 3.05) is 24.2 Å². The Morgan fingerprint density at radius 3 is 2.20 bits per heavy atom. The summed E-state index contributed by atoms with van der Waals surface area (Å²) in [5.74, 6) is -1.08. The molecule has 3 rings (SSSR count). The number of sulfonamides is 1. The smallest absolute Gasteiger partial charge is 0.244 e. The third-order valence-electron chi connectivity index (χ3n) is 6.03. The van der Waals surface area contributed by atoms with Crippen LogP contribution in [-0.4, -0.2) is 56.6 Å². The number of rotatable bonds is 11. The Balaban J connectivity index is 2.09. The molecule has 1 atom stereocenters. The molecule has 0 saturated carbocycles. The number of methoxy groups -OCH3 is 1. The van der Waals surface area contributed by atoms with E-state index in [2.05, 4.69) is 5.32 Å². The second-order valence-corrected chi connectivity index (χ2v) is 12.5. The lowest BCUT2D eigenvalue weighted by Gasteiger charge is -2.35. The van der Waals surface area contributed by atoms with Crippen molar-refractivity contribution in [2.45, 2.75) is 45.3 Å². The number of hydrogen-bond acceptors (Lipinski definition) is 5. The normalized spacial score (nSPS) is 12.3. The van der Waals surface area contributed by atoms with Gasteiger partial charge < -0.3 is 15.0 Å². The first kappa shape index (κ1) is 30.6. The molecule has 8 nitrogen and oxygen atoms in total. The largest absolute Gasteiger partial charge is 0.497 e. The van der Waals surface area contributed by atoms with E-state index in [0.717, 1.165) is 22.2 Å². The van der Waals surface area contributed by atoms with Crippen LogP contribution in [0.25, 0.3) is 0 Å². The van der Waals surface area contributed by atoms with Crippen molar-refractivity contribution in [1.29, 1.82) is 0 Å². The SMILES string of the molecule is COc1cccc(CN(C(=O)CN(c2cccc(F)c2)S(C)(=O)=O)[C@H](Cc2ccccc2)C(=O)NC(C)(C)C)c1. The van der Waals surface area contributed by atoms with E-state index in [1.54, 1.807) is 24.3 Å². The van der Waals surface area contributed by atoms with Crippen molar-refractivity contribution < 1.29 is 27.1 Å². The van der Waals surface area contributed by atoms with Gasteiger partial charge >= 0.3 is 0 Å². The lowest BCUT2D eigenvalue weighted by molar-refractivity contribution is -0.140. The van der Waals surface area contributed by atoms with Crippen molar-refractivity contribution in [2.24, 2.45) is 0 Å². The van der Waals surface area contributed by atoms with Crippen molar-refractivity contribution in [3.63, 3.8) is 0 Å². The minimum absolute atomic E-state index is 0.00580. The topological polar surface area (TPSA) is 96.0 Å². The second kappa shape index (κ2) is 13.0. The molecule has 0 aliphatic carbocycles. The van der Waals surface area contributed by atoms with E-state index in [9.17, 15) is 22.4 Å². The molecule has 0 aliphatic heterocycles. The summed E-state index contributed by atoms with van der Waals surface area (Å²) in [6.45, 7) is 4.91. The minimum atomic E-state index is -3.98. The molecule has 0 fully saturated rings. The highest BCUT2D eigenvalue weighted by Crippen LogP contribution is 2.22. The average Bonchev–Trinajstić information content (AvgIpc) is 2.88. The first-order chi connectivity index (χ1) is 18.8. The van der Waals surface area contributed by atoms with Gasteiger partial charge in [-0.25, -0.2) is 12.8 Å². The highest BCUT2D eigenvalue weighted by molar-refractivity contribution is 7.92. The first-order valence-corrected chi connectivity index (χ1v) is 14.6. The van der Waals surface area contributed by atoms with E-state index in [-0.39, 0.29) is 24.6 Å². The third-order valence-corrected chi connectivity index (χ3v) is 7.17. The van der Waals surface area contributed by atoms with Gasteiger partial charge in [0.2, 0.25) is 21.8 Å². The summed E-state index contributed by atoms with van der Waals surface area (Å²) < 4.78 is 45.7. The molecule has 3 aromatic rings. The number of halogens is 1. The number of carbonyl (C=O) groups excluding carboxylic acids is 2. The Hall–Kier alpha value is -3.92. The molecule has 40 heavy (non-hydrogen) atoms. The number of carbonyl (C=O) groups is 2. The molecule has 0 spiro atoms. The zero-order valence-corrected chi connectivity index (χ0v) is 24.2. The van der Waals surface area contributed by atoms with Gasteiger partial charge in [0.1, 0.15) is 24.2 Å². The number of nitrogens with one attached hydrogen (secondary N) is 1. The van der Waals surface area contributed by atoms with E-state index in [4.69, 9.17) is 4.74 Å². The molecular formula is C30H36FN3O5S. The zero-order chi connectivity index (χ0) is 29.5. The zero-order valence-electron chi connectivity index (χ0n) is 23.4. The van der Waals surface area contributed by atoms with Crippen molar-refractivity contribution in [3.8, 4) is 5.75 Å². The number of amides is 2. The van der Waals surface area contributed by atoms with Crippen LogP contribution in [0, 0.1) is 5.82 Å². The molecule has 0 aliphatic rings. The van der Waals surface area contributed by atoms with Crippen LogP contribution in [0.15, 0.2) is 78.9 Å². The molecule has 0 aromatic heterocycles. The fourth-order valence-electron chi connectivity index (χ4n) is 4.22. The predicted octanol–water partition coefficient (Wildman–Crippen LogP) is 4.16. The Bertz CT molecular complexity index is 1420. The Kier molecular flexibility index (Phi) is 9.92. The van der Waals surface area contributed by atoms with Gasteiger partial charge in [-0.2, -0.15) is 0 Å². The quantitative estimate of drug-likeness (QED) is 0.374. The van der Waals surface area contributed by atoms with E-state index < -0.39 is 39.9 Å². The molecule has 1 N–H and O–H groups in total. The number of nitrogens with zero attached hydrogens (tertiary/aromatic N) is 2. The van der Waals surface area contributed by atoms with Crippen LogP contribution >= 0.6 is 0 Å². The molecule has 0 heterocycles. The molecule has 2 amide bonds. The van der Waals surface area contributed by atoms with E-state index in [1.807, 2.05) is 51.1 Å². The van der Waals surface area contributed by atoms with Crippen molar-refractivity contribution in [3.05, 3.63) is 95.8 Å². The van der Waals surface area contributed by atoms with Crippen LogP contribution in [0.5, 0.6) is 5.75 Å². The number of benzene rings is 3. The summed E-state index contributed by atoms with van der Waals surface area (Å²) in [6, 6.07) is 20.4. The van der Waals surface area contributed by atoms with E-state index in [0.29, 0.717) is 11.3 Å². The molecule has 10 heteroatoms. The average molecular weight is 570 g/mol. The number of ether oxygens (including phenoxy) is 1. The highest BCUT2D eigenvalue weighted by atomic mass is 32.2. The monoisotopic (exact) mass is 569 g/mol. The molecule has 0 bridgehead atoms. The molecular weight excluding hydrogens is 533 g/mol. The fraction of sp³-hybridized carbons (Fsp3) is 0.333. The van der Waals surface area contributed by atoms with E-state index >= 15 is 0 Å². The van der Waals surface area contributed by atoms with Crippen LogP contribution in [0.4, 0.5) is 10.1 Å². The lowest BCUT2D eigenvalue weighted by Crippen LogP contribution is -2.56. The summed E-state index contributed by atoms with van der Waals surface area (Å²) in [4.78, 5) is 29.1. The molecule has 214 valence electrons. The summed E-state index contributed by atoms with van der Waals surface area (Å²) in [5, 5.41) is 2.97. The maximum Gasteiger partial charge on any atom is 0.244 e. The van der Waals surface area contributed by atoms with Gasteiger partial charge in [0.25, 0.3) is 0 Å². The number of anilines is 1.